The Morgan fingerprint density at radius 1 is 0.946 bits per heavy atom. The van der Waals surface area contributed by atoms with Crippen LogP contribution in [0.5, 0.6) is 5.75 Å². The first-order chi connectivity index (χ1) is 17.7. The van der Waals surface area contributed by atoms with Gasteiger partial charge in [-0.3, -0.25) is 14.4 Å². The third-order valence-corrected chi connectivity index (χ3v) is 8.44. The number of rotatable bonds is 5. The lowest BCUT2D eigenvalue weighted by molar-refractivity contribution is -0.141. The van der Waals surface area contributed by atoms with Gasteiger partial charge >= 0.3 is 0 Å². The molecular weight excluding hydrogens is 513 g/mol. The molecular formula is C28H33Cl2N3O4. The minimum Gasteiger partial charge on any atom is -0.496 e. The molecule has 198 valence electrons. The molecule has 0 spiro atoms. The zero-order valence-corrected chi connectivity index (χ0v) is 23.0. The van der Waals surface area contributed by atoms with Crippen molar-refractivity contribution < 1.29 is 19.1 Å². The largest absolute Gasteiger partial charge is 0.496 e. The van der Waals surface area contributed by atoms with Crippen LogP contribution in [0.1, 0.15) is 48.0 Å². The van der Waals surface area contributed by atoms with Crippen LogP contribution in [0.4, 0.5) is 0 Å². The molecule has 0 bridgehead atoms. The predicted octanol–water partition coefficient (Wildman–Crippen LogP) is 4.72. The SMILES string of the molecule is COc1ccccc1C(=O)N(C)[C@@H]1CCN(C(=O)C2CCN(C(C)=O)CC2)C[C@H]1c1ccc(Cl)c(Cl)c1. The molecule has 37 heavy (non-hydrogen) atoms. The van der Waals surface area contributed by atoms with E-state index in [4.69, 9.17) is 27.9 Å². The highest BCUT2D eigenvalue weighted by Gasteiger charge is 2.39. The Hall–Kier alpha value is -2.77. The highest BCUT2D eigenvalue weighted by atomic mass is 35.5. The van der Waals surface area contributed by atoms with Crippen molar-refractivity contribution in [2.45, 2.75) is 38.1 Å². The summed E-state index contributed by atoms with van der Waals surface area (Å²) < 4.78 is 5.43. The van der Waals surface area contributed by atoms with Gasteiger partial charge in [-0.25, -0.2) is 0 Å². The van der Waals surface area contributed by atoms with Gasteiger partial charge < -0.3 is 19.4 Å². The number of nitrogens with zero attached hydrogens (tertiary/aromatic N) is 3. The zero-order chi connectivity index (χ0) is 26.7. The van der Waals surface area contributed by atoms with Crippen molar-refractivity contribution in [3.63, 3.8) is 0 Å². The maximum Gasteiger partial charge on any atom is 0.257 e. The van der Waals surface area contributed by atoms with E-state index in [1.54, 1.807) is 49.1 Å². The highest BCUT2D eigenvalue weighted by molar-refractivity contribution is 6.42. The molecule has 2 fully saturated rings. The number of amides is 3. The second-order valence-electron chi connectivity index (χ2n) is 9.82. The summed E-state index contributed by atoms with van der Waals surface area (Å²) in [5, 5.41) is 0.901. The van der Waals surface area contributed by atoms with Crippen LogP contribution in [0.25, 0.3) is 0 Å². The van der Waals surface area contributed by atoms with Crippen molar-refractivity contribution in [1.82, 2.24) is 14.7 Å². The number of methoxy groups -OCH3 is 1. The minimum atomic E-state index is -0.154. The molecule has 2 aromatic carbocycles. The topological polar surface area (TPSA) is 70.2 Å². The highest BCUT2D eigenvalue weighted by Crippen LogP contribution is 2.36. The normalized spacial score (nSPS) is 20.5. The third kappa shape index (κ3) is 5.88. The van der Waals surface area contributed by atoms with E-state index in [1.165, 1.54) is 0 Å². The number of hydrogen-bond acceptors (Lipinski definition) is 4. The quantitative estimate of drug-likeness (QED) is 0.545. The van der Waals surface area contributed by atoms with Gasteiger partial charge in [-0.15, -0.1) is 0 Å². The number of hydrogen-bond donors (Lipinski definition) is 0. The van der Waals surface area contributed by atoms with Crippen molar-refractivity contribution in [3.05, 3.63) is 63.6 Å². The van der Waals surface area contributed by atoms with E-state index in [0.29, 0.717) is 66.8 Å². The Balaban J connectivity index is 1.57. The average Bonchev–Trinajstić information content (AvgIpc) is 2.93. The van der Waals surface area contributed by atoms with Crippen molar-refractivity contribution >= 4 is 40.9 Å². The van der Waals surface area contributed by atoms with E-state index in [-0.39, 0.29) is 35.6 Å². The smallest absolute Gasteiger partial charge is 0.257 e. The van der Waals surface area contributed by atoms with Crippen molar-refractivity contribution in [2.75, 3.05) is 40.3 Å². The first kappa shape index (κ1) is 27.3. The molecule has 2 aliphatic heterocycles. The van der Waals surface area contributed by atoms with Gasteiger partial charge in [0.15, 0.2) is 0 Å². The van der Waals surface area contributed by atoms with Crippen molar-refractivity contribution in [1.29, 1.82) is 0 Å². The van der Waals surface area contributed by atoms with E-state index >= 15 is 0 Å². The van der Waals surface area contributed by atoms with E-state index in [0.717, 1.165) is 5.56 Å². The standard InChI is InChI=1S/C28H33Cl2N3O4/c1-18(34)32-13-10-19(11-14-32)27(35)33-15-12-25(22(17-33)20-8-9-23(29)24(30)16-20)31(2)28(36)21-6-4-5-7-26(21)37-3/h4-9,16,19,22,25H,10-15,17H2,1-3H3/t22-,25+/m0/s1. The van der Waals surface area contributed by atoms with Gasteiger partial charge in [0.25, 0.3) is 5.91 Å². The lowest BCUT2D eigenvalue weighted by Gasteiger charge is -2.44. The average molecular weight is 546 g/mol. The summed E-state index contributed by atoms with van der Waals surface area (Å²) in [6, 6.07) is 12.6. The Morgan fingerprint density at radius 3 is 2.27 bits per heavy atom. The Kier molecular flexibility index (Phi) is 8.65. The number of likely N-dealkylation sites (N-methyl/N-ethyl adjacent to an activating group) is 1. The van der Waals surface area contributed by atoms with Gasteiger partial charge in [0.1, 0.15) is 5.75 Å². The molecule has 2 atom stereocenters. The number of ether oxygens (including phenoxy) is 1. The number of likely N-dealkylation sites (tertiary alicyclic amines) is 2. The van der Waals surface area contributed by atoms with Crippen LogP contribution in [0.3, 0.4) is 0 Å². The lowest BCUT2D eigenvalue weighted by atomic mass is 9.83. The van der Waals surface area contributed by atoms with E-state index in [1.807, 2.05) is 29.2 Å². The molecule has 0 N–H and O–H groups in total. The number of halogens is 2. The van der Waals surface area contributed by atoms with Crippen LogP contribution in [0, 0.1) is 5.92 Å². The minimum absolute atomic E-state index is 0.0501. The maximum atomic E-state index is 13.6. The van der Waals surface area contributed by atoms with E-state index in [2.05, 4.69) is 0 Å². The molecule has 0 unspecified atom stereocenters. The molecule has 9 heteroatoms. The molecule has 0 radical (unpaired) electrons. The number of piperidine rings is 2. The van der Waals surface area contributed by atoms with Crippen LogP contribution in [0.2, 0.25) is 10.0 Å². The lowest BCUT2D eigenvalue weighted by Crippen LogP contribution is -2.53. The van der Waals surface area contributed by atoms with E-state index in [9.17, 15) is 14.4 Å². The number of benzene rings is 2. The molecule has 2 heterocycles. The fourth-order valence-electron chi connectivity index (χ4n) is 5.54. The molecule has 4 rings (SSSR count). The second-order valence-corrected chi connectivity index (χ2v) is 10.6. The number of carbonyl (C=O) groups excluding carboxylic acids is 3. The fraction of sp³-hybridized carbons (Fsp3) is 0.464. The molecule has 7 nitrogen and oxygen atoms in total. The molecule has 2 aromatic rings. The van der Waals surface area contributed by atoms with Gasteiger partial charge in [-0.1, -0.05) is 41.4 Å². The van der Waals surface area contributed by atoms with Crippen molar-refractivity contribution in [2.24, 2.45) is 5.92 Å². The van der Waals surface area contributed by atoms with Gasteiger partial charge in [0.05, 0.1) is 22.7 Å². The summed E-state index contributed by atoms with van der Waals surface area (Å²) in [5.74, 6) is 0.307. The van der Waals surface area contributed by atoms with Crippen LogP contribution >= 0.6 is 23.2 Å². The first-order valence-electron chi connectivity index (χ1n) is 12.6. The summed E-state index contributed by atoms with van der Waals surface area (Å²) in [5.41, 5.74) is 1.43. The summed E-state index contributed by atoms with van der Waals surface area (Å²) in [6.07, 6.45) is 1.96. The van der Waals surface area contributed by atoms with Crippen molar-refractivity contribution in [3.8, 4) is 5.75 Å². The first-order valence-corrected chi connectivity index (χ1v) is 13.4. The molecule has 0 saturated carbocycles. The van der Waals surface area contributed by atoms with Crippen LogP contribution in [0.15, 0.2) is 42.5 Å². The summed E-state index contributed by atoms with van der Waals surface area (Å²) in [4.78, 5) is 44.3. The van der Waals surface area contributed by atoms with Crippen LogP contribution < -0.4 is 4.74 Å². The summed E-state index contributed by atoms with van der Waals surface area (Å²) in [7, 11) is 3.36. The molecule has 0 aliphatic carbocycles. The van der Waals surface area contributed by atoms with Gasteiger partial charge in [-0.2, -0.15) is 0 Å². The van der Waals surface area contributed by atoms with Gasteiger partial charge in [-0.05, 0) is 49.1 Å². The number of carbonyl (C=O) groups is 3. The molecule has 2 saturated heterocycles. The van der Waals surface area contributed by atoms with Gasteiger partial charge in [0.2, 0.25) is 11.8 Å². The predicted molar refractivity (Wildman–Crippen MR) is 144 cm³/mol. The Morgan fingerprint density at radius 2 is 1.62 bits per heavy atom. The second kappa shape index (κ2) is 11.7. The Labute approximate surface area is 228 Å². The summed E-state index contributed by atoms with van der Waals surface area (Å²) in [6.45, 7) is 3.80. The Bertz CT molecular complexity index is 1170. The molecule has 3 amide bonds. The molecule has 0 aromatic heterocycles. The summed E-state index contributed by atoms with van der Waals surface area (Å²) >= 11 is 12.6. The zero-order valence-electron chi connectivity index (χ0n) is 21.5. The number of para-hydroxylation sites is 1. The van der Waals surface area contributed by atoms with Crippen LogP contribution in [-0.2, 0) is 9.59 Å². The fourth-order valence-corrected chi connectivity index (χ4v) is 5.84. The van der Waals surface area contributed by atoms with Crippen LogP contribution in [-0.4, -0.2) is 78.8 Å². The van der Waals surface area contributed by atoms with E-state index < -0.39 is 0 Å². The van der Waals surface area contributed by atoms with Gasteiger partial charge in [0, 0.05) is 58.0 Å². The maximum absolute atomic E-state index is 13.6. The third-order valence-electron chi connectivity index (χ3n) is 7.70. The molecule has 2 aliphatic rings. The monoisotopic (exact) mass is 545 g/mol.